The Balaban J connectivity index is 1.51. The third kappa shape index (κ3) is 4.92. The number of carbonyl (C=O) groups is 2. The maximum atomic E-state index is 13.1. The zero-order valence-corrected chi connectivity index (χ0v) is 14.9. The van der Waals surface area contributed by atoms with Gasteiger partial charge >= 0.3 is 5.97 Å². The van der Waals surface area contributed by atoms with Gasteiger partial charge in [0.1, 0.15) is 5.82 Å². The van der Waals surface area contributed by atoms with Crippen LogP contribution >= 0.6 is 0 Å². The molecule has 1 amide bonds. The molecule has 1 fully saturated rings. The highest BCUT2D eigenvalue weighted by Gasteiger charge is 2.29. The van der Waals surface area contributed by atoms with Crippen LogP contribution in [0.1, 0.15) is 40.4 Å². The maximum Gasteiger partial charge on any atom is 0.335 e. The van der Waals surface area contributed by atoms with E-state index in [-0.39, 0.29) is 35.7 Å². The van der Waals surface area contributed by atoms with Crippen LogP contribution in [0.2, 0.25) is 0 Å². The van der Waals surface area contributed by atoms with Gasteiger partial charge in [0.2, 0.25) is 5.91 Å². The van der Waals surface area contributed by atoms with Crippen molar-refractivity contribution in [1.82, 2.24) is 5.32 Å². The van der Waals surface area contributed by atoms with E-state index in [1.807, 2.05) is 0 Å². The van der Waals surface area contributed by atoms with E-state index in [0.717, 1.165) is 12.0 Å². The number of carbonyl (C=O) groups excluding carboxylic acids is 1. The van der Waals surface area contributed by atoms with Crippen LogP contribution in [-0.4, -0.2) is 30.1 Å². The molecule has 1 heterocycles. The predicted octanol–water partition coefficient (Wildman–Crippen LogP) is 3.35. The highest BCUT2D eigenvalue weighted by atomic mass is 19.1. The Kier molecular flexibility index (Phi) is 6.19. The minimum atomic E-state index is -0.990. The van der Waals surface area contributed by atoms with Crippen molar-refractivity contribution in [3.63, 3.8) is 0 Å². The molecule has 0 unspecified atom stereocenters. The minimum Gasteiger partial charge on any atom is -0.478 e. The maximum absolute atomic E-state index is 13.1. The topological polar surface area (TPSA) is 75.6 Å². The fourth-order valence-corrected chi connectivity index (χ4v) is 3.39. The molecule has 2 atom stereocenters. The number of nitrogens with one attached hydrogen (secondary N) is 1. The molecule has 27 heavy (non-hydrogen) atoms. The number of amides is 1. The first kappa shape index (κ1) is 19.0. The second-order valence-electron chi connectivity index (χ2n) is 6.66. The molecule has 5 nitrogen and oxygen atoms in total. The summed E-state index contributed by atoms with van der Waals surface area (Å²) in [5, 5.41) is 12.1. The highest BCUT2D eigenvalue weighted by Crippen LogP contribution is 2.34. The normalized spacial score (nSPS) is 19.0. The molecule has 1 saturated heterocycles. The monoisotopic (exact) mass is 371 g/mol. The average Bonchev–Trinajstić information content (AvgIpc) is 3.14. The first-order valence-corrected chi connectivity index (χ1v) is 8.99. The molecule has 1 aliphatic rings. The smallest absolute Gasteiger partial charge is 0.335 e. The zero-order valence-electron chi connectivity index (χ0n) is 14.9. The van der Waals surface area contributed by atoms with Gasteiger partial charge < -0.3 is 15.2 Å². The molecule has 0 radical (unpaired) electrons. The molecule has 2 aromatic rings. The summed E-state index contributed by atoms with van der Waals surface area (Å²) in [6.45, 7) is 1.08. The fraction of sp³-hybridized carbons (Fsp3) is 0.333. The number of aryl methyl sites for hydroxylation is 1. The molecule has 2 aromatic carbocycles. The standard InChI is InChI=1S/C21H22FNO4/c22-17-8-5-15(6-9-17)20-16(11-12-27-20)13-23-19(24)10-7-14-3-1-2-4-18(14)21(25)26/h1-6,8-9,16,20H,7,10-13H2,(H,23,24)(H,25,26)/t16-,20-/m0/s1. The number of halogens is 1. The van der Waals surface area contributed by atoms with Crippen LogP contribution in [0, 0.1) is 11.7 Å². The summed E-state index contributed by atoms with van der Waals surface area (Å²) in [5.41, 5.74) is 1.78. The van der Waals surface area contributed by atoms with Gasteiger partial charge in [-0.2, -0.15) is 0 Å². The van der Waals surface area contributed by atoms with Crippen molar-refractivity contribution in [3.8, 4) is 0 Å². The third-order valence-electron chi connectivity index (χ3n) is 4.84. The molecule has 3 rings (SSSR count). The fourth-order valence-electron chi connectivity index (χ4n) is 3.39. The second-order valence-corrected chi connectivity index (χ2v) is 6.66. The highest BCUT2D eigenvalue weighted by molar-refractivity contribution is 5.89. The Morgan fingerprint density at radius 3 is 2.63 bits per heavy atom. The van der Waals surface area contributed by atoms with Crippen molar-refractivity contribution in [2.24, 2.45) is 5.92 Å². The van der Waals surface area contributed by atoms with Crippen molar-refractivity contribution >= 4 is 11.9 Å². The molecule has 0 saturated carbocycles. The van der Waals surface area contributed by atoms with E-state index < -0.39 is 5.97 Å². The number of benzene rings is 2. The van der Waals surface area contributed by atoms with Crippen molar-refractivity contribution in [3.05, 3.63) is 71.0 Å². The molecule has 6 heteroatoms. The number of rotatable bonds is 7. The van der Waals surface area contributed by atoms with Crippen molar-refractivity contribution in [1.29, 1.82) is 0 Å². The Bertz CT molecular complexity index is 806. The van der Waals surface area contributed by atoms with E-state index in [1.165, 1.54) is 12.1 Å². The largest absolute Gasteiger partial charge is 0.478 e. The molecule has 142 valence electrons. The van der Waals surface area contributed by atoms with E-state index in [1.54, 1.807) is 36.4 Å². The molecule has 0 bridgehead atoms. The van der Waals surface area contributed by atoms with Crippen molar-refractivity contribution in [2.45, 2.75) is 25.4 Å². The molecular formula is C21H22FNO4. The Labute approximate surface area is 157 Å². The van der Waals surface area contributed by atoms with Crippen LogP contribution in [-0.2, 0) is 16.0 Å². The summed E-state index contributed by atoms with van der Waals surface area (Å²) in [6, 6.07) is 12.9. The van der Waals surface area contributed by atoms with Crippen LogP contribution in [0.5, 0.6) is 0 Å². The van der Waals surface area contributed by atoms with Gasteiger partial charge in [-0.3, -0.25) is 4.79 Å². The molecule has 2 N–H and O–H groups in total. The van der Waals surface area contributed by atoms with Gasteiger partial charge in [-0.25, -0.2) is 9.18 Å². The minimum absolute atomic E-state index is 0.125. The van der Waals surface area contributed by atoms with Crippen molar-refractivity contribution in [2.75, 3.05) is 13.2 Å². The van der Waals surface area contributed by atoms with Crippen LogP contribution in [0.3, 0.4) is 0 Å². The van der Waals surface area contributed by atoms with E-state index >= 15 is 0 Å². The number of aromatic carboxylic acids is 1. The molecule has 1 aliphatic heterocycles. The summed E-state index contributed by atoms with van der Waals surface area (Å²) in [4.78, 5) is 23.4. The first-order chi connectivity index (χ1) is 13.0. The van der Waals surface area contributed by atoms with Crippen LogP contribution in [0.4, 0.5) is 4.39 Å². The molecule has 0 aromatic heterocycles. The predicted molar refractivity (Wildman–Crippen MR) is 97.9 cm³/mol. The summed E-state index contributed by atoms with van der Waals surface area (Å²) < 4.78 is 18.8. The number of hydrogen-bond acceptors (Lipinski definition) is 3. The molecule has 0 aliphatic carbocycles. The average molecular weight is 371 g/mol. The SMILES string of the molecule is O=C(CCc1ccccc1C(=O)O)NC[C@@H]1CCO[C@H]1c1ccc(F)cc1. The van der Waals surface area contributed by atoms with Crippen molar-refractivity contribution < 1.29 is 23.8 Å². The van der Waals surface area contributed by atoms with E-state index in [9.17, 15) is 19.1 Å². The van der Waals surface area contributed by atoms with E-state index in [4.69, 9.17) is 4.74 Å². The van der Waals surface area contributed by atoms with Gasteiger partial charge in [0, 0.05) is 25.5 Å². The molecular weight excluding hydrogens is 349 g/mol. The van der Waals surface area contributed by atoms with Gasteiger partial charge in [0.25, 0.3) is 0 Å². The number of carboxylic acids is 1. The molecule has 0 spiro atoms. The van der Waals surface area contributed by atoms with E-state index in [2.05, 4.69) is 5.32 Å². The summed E-state index contributed by atoms with van der Waals surface area (Å²) in [7, 11) is 0. The summed E-state index contributed by atoms with van der Waals surface area (Å²) in [6.07, 6.45) is 1.26. The number of ether oxygens (including phenoxy) is 1. The lowest BCUT2D eigenvalue weighted by atomic mass is 9.95. The lowest BCUT2D eigenvalue weighted by Gasteiger charge is -2.19. The third-order valence-corrected chi connectivity index (χ3v) is 4.84. The van der Waals surface area contributed by atoms with Gasteiger partial charge in [-0.05, 0) is 42.2 Å². The number of hydrogen-bond donors (Lipinski definition) is 2. The first-order valence-electron chi connectivity index (χ1n) is 8.99. The van der Waals surface area contributed by atoms with Gasteiger partial charge in [-0.15, -0.1) is 0 Å². The lowest BCUT2D eigenvalue weighted by molar-refractivity contribution is -0.121. The van der Waals surface area contributed by atoms with Gasteiger partial charge in [-0.1, -0.05) is 30.3 Å². The summed E-state index contributed by atoms with van der Waals surface area (Å²) in [5.74, 6) is -1.27. The van der Waals surface area contributed by atoms with Gasteiger partial charge in [0.05, 0.1) is 11.7 Å². The van der Waals surface area contributed by atoms with Crippen LogP contribution in [0.25, 0.3) is 0 Å². The zero-order chi connectivity index (χ0) is 19.2. The van der Waals surface area contributed by atoms with Crippen LogP contribution in [0.15, 0.2) is 48.5 Å². The Morgan fingerprint density at radius 1 is 1.15 bits per heavy atom. The van der Waals surface area contributed by atoms with E-state index in [0.29, 0.717) is 25.1 Å². The van der Waals surface area contributed by atoms with Crippen LogP contribution < -0.4 is 5.32 Å². The lowest BCUT2D eigenvalue weighted by Crippen LogP contribution is -2.30. The van der Waals surface area contributed by atoms with Gasteiger partial charge in [0.15, 0.2) is 0 Å². The number of carboxylic acid groups (broad SMARTS) is 1. The summed E-state index contributed by atoms with van der Waals surface area (Å²) >= 11 is 0. The Hall–Kier alpha value is -2.73. The Morgan fingerprint density at radius 2 is 1.89 bits per heavy atom. The second kappa shape index (κ2) is 8.77. The quantitative estimate of drug-likeness (QED) is 0.783.